The number of nitrogens with two attached hydrogens (primary N) is 2. The molecule has 8 heteroatoms. The lowest BCUT2D eigenvalue weighted by molar-refractivity contribution is -0.149. The molecule has 0 bridgehead atoms. The number of primary amides is 1. The van der Waals surface area contributed by atoms with Gasteiger partial charge >= 0.3 is 5.97 Å². The highest BCUT2D eigenvalue weighted by molar-refractivity contribution is 6.00. The molecule has 4 rings (SSSR count). The fraction of sp³-hybridized carbons (Fsp3) is 0.538. The minimum Gasteiger partial charge on any atom is -0.461 e. The van der Waals surface area contributed by atoms with Gasteiger partial charge in [-0.1, -0.05) is 13.8 Å². The fourth-order valence-electron chi connectivity index (χ4n) is 5.47. The number of aromatic nitrogens is 2. The van der Waals surface area contributed by atoms with Crippen molar-refractivity contribution in [1.82, 2.24) is 9.78 Å². The number of carbonyl (C=O) groups is 3. The maximum Gasteiger partial charge on any atom is 0.319 e. The van der Waals surface area contributed by atoms with Crippen LogP contribution >= 0.6 is 0 Å². The lowest BCUT2D eigenvalue weighted by Crippen LogP contribution is -2.29. The van der Waals surface area contributed by atoms with Gasteiger partial charge in [0.1, 0.15) is 6.10 Å². The van der Waals surface area contributed by atoms with Gasteiger partial charge in [-0.2, -0.15) is 5.10 Å². The third kappa shape index (κ3) is 4.92. The van der Waals surface area contributed by atoms with Gasteiger partial charge in [-0.05, 0) is 80.5 Å². The van der Waals surface area contributed by atoms with E-state index in [1.54, 1.807) is 6.07 Å². The van der Waals surface area contributed by atoms with Crippen molar-refractivity contribution in [2.45, 2.75) is 71.8 Å². The zero-order chi connectivity index (χ0) is 24.6. The number of benzene rings is 1. The quantitative estimate of drug-likeness (QED) is 0.629. The third-order valence-electron chi connectivity index (χ3n) is 7.09. The molecule has 0 unspecified atom stereocenters. The van der Waals surface area contributed by atoms with Crippen LogP contribution in [0.4, 0.5) is 0 Å². The molecule has 4 N–H and O–H groups in total. The molecule has 2 aliphatic rings. The van der Waals surface area contributed by atoms with Gasteiger partial charge in [-0.25, -0.2) is 4.68 Å². The predicted molar refractivity (Wildman–Crippen MR) is 128 cm³/mol. The van der Waals surface area contributed by atoms with Crippen LogP contribution in [0.1, 0.15) is 83.6 Å². The van der Waals surface area contributed by atoms with E-state index in [4.69, 9.17) is 21.3 Å². The van der Waals surface area contributed by atoms with Crippen LogP contribution < -0.4 is 11.5 Å². The van der Waals surface area contributed by atoms with E-state index >= 15 is 0 Å². The molecule has 1 heterocycles. The van der Waals surface area contributed by atoms with Gasteiger partial charge in [0.05, 0.1) is 29.2 Å². The summed E-state index contributed by atoms with van der Waals surface area (Å²) >= 11 is 0. The van der Waals surface area contributed by atoms with Gasteiger partial charge in [0, 0.05) is 12.0 Å². The molecule has 182 valence electrons. The van der Waals surface area contributed by atoms with Crippen LogP contribution in [0.3, 0.4) is 0 Å². The number of carbonyl (C=O) groups excluding carboxylic acids is 3. The first kappa shape index (κ1) is 24.1. The van der Waals surface area contributed by atoms with Gasteiger partial charge in [-0.3, -0.25) is 14.4 Å². The van der Waals surface area contributed by atoms with Crippen molar-refractivity contribution in [3.05, 3.63) is 46.3 Å². The Kier molecular flexibility index (Phi) is 6.62. The van der Waals surface area contributed by atoms with Gasteiger partial charge in [-0.15, -0.1) is 0 Å². The topological polar surface area (TPSA) is 130 Å². The number of nitrogens with zero attached hydrogens (tertiary/aromatic N) is 2. The number of ketones is 1. The molecule has 1 aromatic carbocycles. The summed E-state index contributed by atoms with van der Waals surface area (Å²) in [6, 6.07) is 5.60. The normalized spacial score (nSPS) is 21.7. The van der Waals surface area contributed by atoms with E-state index in [2.05, 4.69) is 13.8 Å². The van der Waals surface area contributed by atoms with E-state index in [1.807, 2.05) is 23.7 Å². The Balaban J connectivity index is 1.60. The molecule has 1 amide bonds. The summed E-state index contributed by atoms with van der Waals surface area (Å²) in [6.45, 7) is 5.97. The summed E-state index contributed by atoms with van der Waals surface area (Å²) in [6.07, 6.45) is 5.24. The highest BCUT2D eigenvalue weighted by Crippen LogP contribution is 2.37. The van der Waals surface area contributed by atoms with Crippen molar-refractivity contribution in [1.29, 1.82) is 0 Å². The first-order chi connectivity index (χ1) is 16.1. The second-order valence-corrected chi connectivity index (χ2v) is 10.5. The Morgan fingerprint density at radius 3 is 2.53 bits per heavy atom. The molecular formula is C26H34N4O4. The molecule has 0 spiro atoms. The summed E-state index contributed by atoms with van der Waals surface area (Å²) in [5.41, 5.74) is 15.5. The van der Waals surface area contributed by atoms with Crippen LogP contribution in [0.25, 0.3) is 5.69 Å². The zero-order valence-corrected chi connectivity index (χ0v) is 20.2. The van der Waals surface area contributed by atoms with E-state index in [0.717, 1.165) is 60.3 Å². The van der Waals surface area contributed by atoms with E-state index in [1.165, 1.54) is 0 Å². The van der Waals surface area contributed by atoms with Crippen molar-refractivity contribution in [2.24, 2.45) is 22.8 Å². The molecule has 0 radical (unpaired) electrons. The van der Waals surface area contributed by atoms with Crippen LogP contribution in [-0.4, -0.2) is 40.1 Å². The monoisotopic (exact) mass is 466 g/mol. The number of aryl methyl sites for hydroxylation is 1. The van der Waals surface area contributed by atoms with Crippen LogP contribution in [0.15, 0.2) is 18.2 Å². The van der Waals surface area contributed by atoms with E-state index in [-0.39, 0.29) is 29.8 Å². The summed E-state index contributed by atoms with van der Waals surface area (Å²) in [7, 11) is 0. The smallest absolute Gasteiger partial charge is 0.319 e. The van der Waals surface area contributed by atoms with Gasteiger partial charge in [0.2, 0.25) is 5.91 Å². The van der Waals surface area contributed by atoms with E-state index in [0.29, 0.717) is 24.3 Å². The molecule has 1 fully saturated rings. The first-order valence-electron chi connectivity index (χ1n) is 12.0. The Bertz CT molecular complexity index is 1130. The molecule has 1 saturated carbocycles. The Hall–Kier alpha value is -3.00. The number of amides is 1. The second-order valence-electron chi connectivity index (χ2n) is 10.5. The van der Waals surface area contributed by atoms with Crippen molar-refractivity contribution < 1.29 is 19.1 Å². The number of Topliss-reactive ketones (excluding diaryl/α,β-unsaturated/α-hetero) is 1. The molecule has 0 saturated heterocycles. The Labute approximate surface area is 200 Å². The third-order valence-corrected chi connectivity index (χ3v) is 7.09. The highest BCUT2D eigenvalue weighted by atomic mass is 16.5. The Morgan fingerprint density at radius 2 is 1.88 bits per heavy atom. The van der Waals surface area contributed by atoms with Crippen LogP contribution in [0.2, 0.25) is 0 Å². The largest absolute Gasteiger partial charge is 0.461 e. The molecule has 0 aliphatic heterocycles. The van der Waals surface area contributed by atoms with Crippen molar-refractivity contribution >= 4 is 17.7 Å². The van der Waals surface area contributed by atoms with Crippen molar-refractivity contribution in [2.75, 3.05) is 6.54 Å². The number of fused-ring (bicyclic) bond motifs is 1. The maximum absolute atomic E-state index is 12.8. The minimum absolute atomic E-state index is 0.0892. The minimum atomic E-state index is -0.456. The van der Waals surface area contributed by atoms with Gasteiger partial charge < -0.3 is 16.2 Å². The van der Waals surface area contributed by atoms with Crippen LogP contribution in [-0.2, 0) is 22.4 Å². The highest BCUT2D eigenvalue weighted by Gasteiger charge is 2.36. The predicted octanol–water partition coefficient (Wildman–Crippen LogP) is 3.04. The van der Waals surface area contributed by atoms with E-state index < -0.39 is 5.91 Å². The lowest BCUT2D eigenvalue weighted by atomic mass is 9.75. The van der Waals surface area contributed by atoms with Crippen LogP contribution in [0.5, 0.6) is 0 Å². The summed E-state index contributed by atoms with van der Waals surface area (Å²) in [5, 5.41) is 4.71. The second kappa shape index (κ2) is 9.33. The standard InChI is InChI=1S/C26H34N4O4/c1-15-24-21(12-26(2,3)13-22(24)31)30(29-15)18-6-9-20(25(28)33)17(11-18)10-16-4-7-19(8-5-16)34-23(32)14-27/h6,9,11,16,19H,4-5,7-8,10,12-14,27H2,1-3H3,(H2,28,33). The number of hydrogen-bond donors (Lipinski definition) is 2. The number of rotatable bonds is 6. The summed E-state index contributed by atoms with van der Waals surface area (Å²) in [4.78, 5) is 36.4. The molecular weight excluding hydrogens is 432 g/mol. The van der Waals surface area contributed by atoms with E-state index in [9.17, 15) is 14.4 Å². The van der Waals surface area contributed by atoms with Gasteiger partial charge in [0.25, 0.3) is 0 Å². The molecule has 2 aliphatic carbocycles. The lowest BCUT2D eigenvalue weighted by Gasteiger charge is -2.29. The molecule has 34 heavy (non-hydrogen) atoms. The van der Waals surface area contributed by atoms with Crippen LogP contribution in [0, 0.1) is 18.3 Å². The fourth-order valence-corrected chi connectivity index (χ4v) is 5.47. The average molecular weight is 467 g/mol. The number of esters is 1. The van der Waals surface area contributed by atoms with Crippen molar-refractivity contribution in [3.63, 3.8) is 0 Å². The zero-order valence-electron chi connectivity index (χ0n) is 20.2. The SMILES string of the molecule is Cc1nn(-c2ccc(C(N)=O)c(CC3CCC(OC(=O)CN)CC3)c2)c2c1C(=O)CC(C)(C)C2. The first-order valence-corrected chi connectivity index (χ1v) is 12.0. The molecule has 1 aromatic heterocycles. The average Bonchev–Trinajstić information content (AvgIpc) is 3.09. The molecule has 2 aromatic rings. The maximum atomic E-state index is 12.8. The summed E-state index contributed by atoms with van der Waals surface area (Å²) < 4.78 is 7.24. The molecule has 0 atom stereocenters. The van der Waals surface area contributed by atoms with Gasteiger partial charge in [0.15, 0.2) is 5.78 Å². The number of ether oxygens (including phenoxy) is 1. The summed E-state index contributed by atoms with van der Waals surface area (Å²) in [5.74, 6) is -0.334. The Morgan fingerprint density at radius 1 is 1.18 bits per heavy atom. The molecule has 8 nitrogen and oxygen atoms in total. The van der Waals surface area contributed by atoms with Crippen molar-refractivity contribution in [3.8, 4) is 5.69 Å². The number of hydrogen-bond acceptors (Lipinski definition) is 6.